The summed E-state index contributed by atoms with van der Waals surface area (Å²) < 4.78 is 7.66. The van der Waals surface area contributed by atoms with E-state index >= 15 is 0 Å². The topological polar surface area (TPSA) is 72.3 Å². The summed E-state index contributed by atoms with van der Waals surface area (Å²) in [7, 11) is 0. The first-order chi connectivity index (χ1) is 15.7. The third-order valence-electron chi connectivity index (χ3n) is 5.72. The summed E-state index contributed by atoms with van der Waals surface area (Å²) >= 11 is 3.22. The number of carbonyl (C=O) groups excluding carboxylic acids is 1. The van der Waals surface area contributed by atoms with Gasteiger partial charge in [-0.25, -0.2) is 0 Å². The molecule has 1 saturated carbocycles. The molecule has 9 heteroatoms. The normalized spacial score (nSPS) is 17.3. The minimum atomic E-state index is -0.273. The number of ether oxygens (including phenoxy) is 1. The van der Waals surface area contributed by atoms with Gasteiger partial charge in [-0.3, -0.25) is 4.79 Å². The van der Waals surface area contributed by atoms with Gasteiger partial charge >= 0.3 is 0 Å². The summed E-state index contributed by atoms with van der Waals surface area (Å²) in [5, 5.41) is 14.6. The third kappa shape index (κ3) is 5.00. The van der Waals surface area contributed by atoms with Crippen LogP contribution in [-0.2, 0) is 16.0 Å². The molecule has 3 aromatic rings. The largest absolute Gasteiger partial charge is 0.378 e. The number of aromatic nitrogens is 3. The van der Waals surface area contributed by atoms with Gasteiger partial charge in [0.25, 0.3) is 0 Å². The average molecular weight is 470 g/mol. The molecule has 1 aliphatic carbocycles. The van der Waals surface area contributed by atoms with Crippen molar-refractivity contribution in [2.45, 2.75) is 42.6 Å². The molecule has 2 fully saturated rings. The number of hydrogen-bond acceptors (Lipinski definition) is 7. The fraction of sp³-hybridized carbons (Fsp3) is 0.435. The monoisotopic (exact) mass is 469 g/mol. The van der Waals surface area contributed by atoms with Crippen molar-refractivity contribution < 1.29 is 9.53 Å². The zero-order valence-corrected chi connectivity index (χ0v) is 19.7. The van der Waals surface area contributed by atoms with Crippen LogP contribution in [0.4, 0.5) is 11.4 Å². The second-order valence-corrected chi connectivity index (χ2v) is 10.5. The van der Waals surface area contributed by atoms with Crippen LogP contribution in [0.5, 0.6) is 0 Å². The summed E-state index contributed by atoms with van der Waals surface area (Å²) in [4.78, 5) is 16.4. The number of rotatable bonds is 8. The first kappa shape index (κ1) is 21.5. The highest BCUT2D eigenvalue weighted by Crippen LogP contribution is 2.40. The number of benzene rings is 1. The first-order valence-electron chi connectivity index (χ1n) is 11.0. The summed E-state index contributed by atoms with van der Waals surface area (Å²) in [6.45, 7) is 5.24. The van der Waals surface area contributed by atoms with Gasteiger partial charge in [0.15, 0.2) is 5.16 Å². The van der Waals surface area contributed by atoms with Crippen LogP contribution in [0, 0.1) is 0 Å². The van der Waals surface area contributed by atoms with Crippen LogP contribution >= 0.6 is 23.1 Å². The van der Waals surface area contributed by atoms with E-state index in [0.29, 0.717) is 6.04 Å². The maximum Gasteiger partial charge on any atom is 0.237 e. The van der Waals surface area contributed by atoms with Crippen molar-refractivity contribution in [3.8, 4) is 0 Å². The summed E-state index contributed by atoms with van der Waals surface area (Å²) in [6.07, 6.45) is 3.09. The molecule has 32 heavy (non-hydrogen) atoms. The summed E-state index contributed by atoms with van der Waals surface area (Å²) in [5.41, 5.74) is 1.96. The fourth-order valence-corrected chi connectivity index (χ4v) is 5.45. The van der Waals surface area contributed by atoms with E-state index in [9.17, 15) is 4.79 Å². The van der Waals surface area contributed by atoms with Crippen molar-refractivity contribution in [1.82, 2.24) is 14.8 Å². The number of carbonyl (C=O) groups is 1. The van der Waals surface area contributed by atoms with E-state index in [1.807, 2.05) is 19.1 Å². The highest BCUT2D eigenvalue weighted by Gasteiger charge is 2.31. The number of thioether (sulfide) groups is 1. The van der Waals surface area contributed by atoms with Gasteiger partial charge in [0.2, 0.25) is 5.91 Å². The Kier molecular flexibility index (Phi) is 6.47. The van der Waals surface area contributed by atoms with E-state index < -0.39 is 0 Å². The Morgan fingerprint density at radius 1 is 1.22 bits per heavy atom. The lowest BCUT2D eigenvalue weighted by Gasteiger charge is -2.28. The molecule has 168 valence electrons. The van der Waals surface area contributed by atoms with Gasteiger partial charge in [0, 0.05) is 41.8 Å². The molecule has 5 rings (SSSR count). The molecular formula is C23H27N5O2S2. The van der Waals surface area contributed by atoms with Gasteiger partial charge in [0.05, 0.1) is 18.5 Å². The molecule has 7 nitrogen and oxygen atoms in total. The molecular weight excluding hydrogens is 442 g/mol. The number of morpholine rings is 1. The number of hydrogen-bond donors (Lipinski definition) is 1. The molecule has 1 aromatic carbocycles. The maximum absolute atomic E-state index is 12.8. The lowest BCUT2D eigenvalue weighted by Crippen LogP contribution is -2.36. The molecule has 0 bridgehead atoms. The minimum absolute atomic E-state index is 0.0284. The Bertz CT molecular complexity index is 1040. The summed E-state index contributed by atoms with van der Waals surface area (Å²) in [5.74, 6) is 0.961. The van der Waals surface area contributed by atoms with Crippen LogP contribution in [0.2, 0.25) is 0 Å². The van der Waals surface area contributed by atoms with Crippen molar-refractivity contribution in [2.75, 3.05) is 36.5 Å². The van der Waals surface area contributed by atoms with Crippen LogP contribution in [0.3, 0.4) is 0 Å². The Balaban J connectivity index is 1.22. The molecule has 1 N–H and O–H groups in total. The highest BCUT2D eigenvalue weighted by molar-refractivity contribution is 8.00. The SMILES string of the molecule is C[C@H](Sc1nnc(Cc2cccs2)n1C1CC1)C(=O)Nc1ccc(N2CCOCC2)cc1. The van der Waals surface area contributed by atoms with Gasteiger partial charge < -0.3 is 19.5 Å². The highest BCUT2D eigenvalue weighted by atomic mass is 32.2. The Labute approximate surface area is 196 Å². The lowest BCUT2D eigenvalue weighted by atomic mass is 10.2. The van der Waals surface area contributed by atoms with Crippen molar-refractivity contribution in [3.63, 3.8) is 0 Å². The number of nitrogens with zero attached hydrogens (tertiary/aromatic N) is 4. The molecule has 0 spiro atoms. The van der Waals surface area contributed by atoms with E-state index in [4.69, 9.17) is 4.74 Å². The molecule has 3 heterocycles. The van der Waals surface area contributed by atoms with E-state index in [1.54, 1.807) is 11.3 Å². The van der Waals surface area contributed by atoms with Gasteiger partial charge in [0.1, 0.15) is 5.82 Å². The molecule has 2 aromatic heterocycles. The average Bonchev–Trinajstić information content (AvgIpc) is 3.38. The molecule has 2 aliphatic rings. The number of nitrogens with one attached hydrogen (secondary N) is 1. The van der Waals surface area contributed by atoms with Crippen LogP contribution in [0.15, 0.2) is 46.9 Å². The number of anilines is 2. The van der Waals surface area contributed by atoms with Crippen LogP contribution in [0.25, 0.3) is 0 Å². The molecule has 1 aliphatic heterocycles. The lowest BCUT2D eigenvalue weighted by molar-refractivity contribution is -0.115. The third-order valence-corrected chi connectivity index (χ3v) is 7.66. The molecule has 1 saturated heterocycles. The smallest absolute Gasteiger partial charge is 0.237 e. The predicted molar refractivity (Wildman–Crippen MR) is 129 cm³/mol. The summed E-state index contributed by atoms with van der Waals surface area (Å²) in [6, 6.07) is 12.7. The molecule has 0 unspecified atom stereocenters. The fourth-order valence-electron chi connectivity index (χ4n) is 3.81. The second kappa shape index (κ2) is 9.64. The van der Waals surface area contributed by atoms with E-state index in [-0.39, 0.29) is 11.2 Å². The van der Waals surface area contributed by atoms with Crippen LogP contribution < -0.4 is 10.2 Å². The second-order valence-electron chi connectivity index (χ2n) is 8.15. The number of amides is 1. The zero-order chi connectivity index (χ0) is 21.9. The predicted octanol–water partition coefficient (Wildman–Crippen LogP) is 4.22. The van der Waals surface area contributed by atoms with E-state index in [1.165, 1.54) is 16.6 Å². The van der Waals surface area contributed by atoms with Crippen molar-refractivity contribution in [1.29, 1.82) is 0 Å². The van der Waals surface area contributed by atoms with Gasteiger partial charge in [-0.05, 0) is 55.5 Å². The van der Waals surface area contributed by atoms with Crippen LogP contribution in [0.1, 0.15) is 36.5 Å². The van der Waals surface area contributed by atoms with E-state index in [0.717, 1.165) is 67.9 Å². The van der Waals surface area contributed by atoms with Crippen molar-refractivity contribution in [2.24, 2.45) is 0 Å². The molecule has 1 amide bonds. The van der Waals surface area contributed by atoms with E-state index in [2.05, 4.69) is 54.6 Å². The standard InChI is InChI=1S/C23H27N5O2S2/c1-16(22(29)24-17-4-6-18(7-5-17)27-10-12-30-13-11-27)32-23-26-25-21(28(23)19-8-9-19)15-20-3-2-14-31-20/h2-7,14,16,19H,8-13,15H2,1H3,(H,24,29)/t16-/m0/s1. The molecule has 1 atom stereocenters. The van der Waals surface area contributed by atoms with Crippen molar-refractivity contribution >= 4 is 40.4 Å². The first-order valence-corrected chi connectivity index (χ1v) is 12.8. The van der Waals surface area contributed by atoms with Gasteiger partial charge in [-0.2, -0.15) is 0 Å². The maximum atomic E-state index is 12.8. The van der Waals surface area contributed by atoms with Gasteiger partial charge in [-0.15, -0.1) is 21.5 Å². The minimum Gasteiger partial charge on any atom is -0.378 e. The van der Waals surface area contributed by atoms with Gasteiger partial charge in [-0.1, -0.05) is 17.8 Å². The van der Waals surface area contributed by atoms with Crippen molar-refractivity contribution in [3.05, 3.63) is 52.5 Å². The van der Waals surface area contributed by atoms with Crippen LogP contribution in [-0.4, -0.2) is 52.2 Å². The Morgan fingerprint density at radius 3 is 2.69 bits per heavy atom. The zero-order valence-electron chi connectivity index (χ0n) is 18.1. The molecule has 0 radical (unpaired) electrons. The Hall–Kier alpha value is -2.36. The number of thiophene rings is 1. The Morgan fingerprint density at radius 2 is 2.00 bits per heavy atom. The quantitative estimate of drug-likeness (QED) is 0.498.